The van der Waals surface area contributed by atoms with Crippen LogP contribution in [0.2, 0.25) is 0 Å². The van der Waals surface area contributed by atoms with Crippen LogP contribution < -0.4 is 16.1 Å². The summed E-state index contributed by atoms with van der Waals surface area (Å²) in [5, 5.41) is 7.03. The predicted octanol–water partition coefficient (Wildman–Crippen LogP) is 3.47. The lowest BCUT2D eigenvalue weighted by Crippen LogP contribution is -2.57. The fraction of sp³-hybridized carbons (Fsp3) is 0.419. The standard InChI is InChI=1S/C31H40N6O4/c1-23(2)17-35-37(19-28(38)33-21-31(14-9-15-31)25-12-7-4-8-13-25)29(39)27(16-26-18-32-22-34-26)36-30(40)41-20-24-10-5-3-6-11-24/h3-8,10-13,18,22-23,27,35H,9,14-17,19-21H2,1-2H3,(H,32,34)(H,33,38)(H,36,40). The van der Waals surface area contributed by atoms with Gasteiger partial charge in [0.25, 0.3) is 5.91 Å². The summed E-state index contributed by atoms with van der Waals surface area (Å²) in [7, 11) is 0. The number of H-pyrrole nitrogens is 1. The van der Waals surface area contributed by atoms with E-state index in [0.29, 0.717) is 18.8 Å². The van der Waals surface area contributed by atoms with Crippen LogP contribution in [-0.4, -0.2) is 58.6 Å². The lowest BCUT2D eigenvalue weighted by atomic mass is 9.64. The van der Waals surface area contributed by atoms with Gasteiger partial charge in [0.15, 0.2) is 0 Å². The SMILES string of the molecule is CC(C)CNN(CC(=O)NCC1(c2ccccc2)CCC1)C(=O)C(Cc1c[nH]cn1)NC(=O)OCc1ccccc1. The first kappa shape index (κ1) is 29.8. The fourth-order valence-electron chi connectivity index (χ4n) is 4.84. The Morgan fingerprint density at radius 3 is 2.37 bits per heavy atom. The molecule has 3 aromatic rings. The van der Waals surface area contributed by atoms with Crippen molar-refractivity contribution in [3.05, 3.63) is 90.0 Å². The summed E-state index contributed by atoms with van der Waals surface area (Å²) in [6, 6.07) is 18.5. The third-order valence-corrected chi connectivity index (χ3v) is 7.35. The van der Waals surface area contributed by atoms with Gasteiger partial charge in [0.1, 0.15) is 19.2 Å². The van der Waals surface area contributed by atoms with Gasteiger partial charge in [0, 0.05) is 31.1 Å². The van der Waals surface area contributed by atoms with Crippen molar-refractivity contribution in [2.45, 2.75) is 57.6 Å². The van der Waals surface area contributed by atoms with Crippen LogP contribution in [0.25, 0.3) is 0 Å². The molecule has 0 aliphatic heterocycles. The third-order valence-electron chi connectivity index (χ3n) is 7.35. The fourth-order valence-corrected chi connectivity index (χ4v) is 4.84. The van der Waals surface area contributed by atoms with Gasteiger partial charge in [0.2, 0.25) is 5.91 Å². The van der Waals surface area contributed by atoms with Crippen LogP contribution in [0.4, 0.5) is 4.79 Å². The molecule has 1 atom stereocenters. The Bertz CT molecular complexity index is 1250. The number of ether oxygens (including phenoxy) is 1. The van der Waals surface area contributed by atoms with Crippen LogP contribution in [0, 0.1) is 5.92 Å². The van der Waals surface area contributed by atoms with Gasteiger partial charge in [-0.25, -0.2) is 15.2 Å². The van der Waals surface area contributed by atoms with Gasteiger partial charge in [-0.15, -0.1) is 0 Å². The van der Waals surface area contributed by atoms with E-state index in [1.807, 2.05) is 62.4 Å². The molecule has 1 aromatic heterocycles. The van der Waals surface area contributed by atoms with Gasteiger partial charge in [-0.3, -0.25) is 14.6 Å². The number of rotatable bonds is 14. The maximum atomic E-state index is 13.8. The summed E-state index contributed by atoms with van der Waals surface area (Å²) in [6.07, 6.45) is 5.70. The van der Waals surface area contributed by atoms with E-state index in [9.17, 15) is 14.4 Å². The number of aromatic amines is 1. The molecule has 3 amide bonds. The molecule has 4 N–H and O–H groups in total. The van der Waals surface area contributed by atoms with Crippen LogP contribution in [0.1, 0.15) is 49.9 Å². The van der Waals surface area contributed by atoms with Crippen LogP contribution in [0.5, 0.6) is 0 Å². The van der Waals surface area contributed by atoms with Gasteiger partial charge in [-0.2, -0.15) is 0 Å². The topological polar surface area (TPSA) is 128 Å². The number of imidazole rings is 1. The number of carbonyl (C=O) groups is 3. The number of hydrazine groups is 1. The minimum atomic E-state index is -1.00. The normalized spacial score (nSPS) is 14.5. The van der Waals surface area contributed by atoms with Crippen molar-refractivity contribution in [1.29, 1.82) is 0 Å². The van der Waals surface area contributed by atoms with Crippen molar-refractivity contribution >= 4 is 17.9 Å². The molecular weight excluding hydrogens is 520 g/mol. The van der Waals surface area contributed by atoms with Crippen LogP contribution in [0.3, 0.4) is 0 Å². The highest BCUT2D eigenvalue weighted by molar-refractivity contribution is 5.89. The number of nitrogens with zero attached hydrogens (tertiary/aromatic N) is 2. The number of hydrogen-bond donors (Lipinski definition) is 4. The molecule has 10 nitrogen and oxygen atoms in total. The molecule has 1 unspecified atom stereocenters. The molecular formula is C31H40N6O4. The minimum absolute atomic E-state index is 0.0663. The zero-order valence-electron chi connectivity index (χ0n) is 23.8. The van der Waals surface area contributed by atoms with E-state index >= 15 is 0 Å². The lowest BCUT2D eigenvalue weighted by molar-refractivity contribution is -0.141. The molecule has 1 saturated carbocycles. The van der Waals surface area contributed by atoms with Gasteiger partial charge in [-0.1, -0.05) is 80.9 Å². The first-order valence-electron chi connectivity index (χ1n) is 14.2. The minimum Gasteiger partial charge on any atom is -0.445 e. The Labute approximate surface area is 241 Å². The average molecular weight is 561 g/mol. The Morgan fingerprint density at radius 2 is 1.76 bits per heavy atom. The quantitative estimate of drug-likeness (QED) is 0.224. The van der Waals surface area contributed by atoms with Gasteiger partial charge >= 0.3 is 6.09 Å². The van der Waals surface area contributed by atoms with E-state index in [-0.39, 0.29) is 36.8 Å². The first-order valence-corrected chi connectivity index (χ1v) is 14.2. The summed E-state index contributed by atoms with van der Waals surface area (Å²) in [6.45, 7) is 4.86. The summed E-state index contributed by atoms with van der Waals surface area (Å²) < 4.78 is 5.38. The predicted molar refractivity (Wildman–Crippen MR) is 155 cm³/mol. The average Bonchev–Trinajstić information content (AvgIpc) is 3.47. The third kappa shape index (κ3) is 8.65. The summed E-state index contributed by atoms with van der Waals surface area (Å²) in [5.41, 5.74) is 5.66. The molecule has 41 heavy (non-hydrogen) atoms. The highest BCUT2D eigenvalue weighted by Crippen LogP contribution is 2.43. The van der Waals surface area contributed by atoms with E-state index in [1.54, 1.807) is 6.20 Å². The summed E-state index contributed by atoms with van der Waals surface area (Å²) in [4.78, 5) is 46.8. The number of carbonyl (C=O) groups excluding carboxylic acids is 3. The Hall–Kier alpha value is -4.18. The van der Waals surface area contributed by atoms with Crippen LogP contribution in [0.15, 0.2) is 73.2 Å². The van der Waals surface area contributed by atoms with Gasteiger partial charge in [0.05, 0.1) is 12.0 Å². The second-order valence-corrected chi connectivity index (χ2v) is 11.0. The molecule has 1 fully saturated rings. The van der Waals surface area contributed by atoms with E-state index in [2.05, 4.69) is 38.2 Å². The van der Waals surface area contributed by atoms with Crippen molar-refractivity contribution in [1.82, 2.24) is 31.0 Å². The number of amides is 3. The second kappa shape index (κ2) is 14.5. The summed E-state index contributed by atoms with van der Waals surface area (Å²) >= 11 is 0. The molecule has 0 saturated heterocycles. The highest BCUT2D eigenvalue weighted by Gasteiger charge is 2.39. The van der Waals surface area contributed by atoms with E-state index < -0.39 is 18.0 Å². The van der Waals surface area contributed by atoms with E-state index in [1.165, 1.54) is 16.9 Å². The molecule has 218 valence electrons. The maximum Gasteiger partial charge on any atom is 0.408 e. The molecule has 0 radical (unpaired) electrons. The Morgan fingerprint density at radius 1 is 1.05 bits per heavy atom. The van der Waals surface area contributed by atoms with Crippen LogP contribution in [-0.2, 0) is 32.8 Å². The second-order valence-electron chi connectivity index (χ2n) is 11.0. The zero-order valence-corrected chi connectivity index (χ0v) is 23.8. The zero-order chi connectivity index (χ0) is 29.1. The lowest BCUT2D eigenvalue weighted by Gasteiger charge is -2.42. The molecule has 0 bridgehead atoms. The monoisotopic (exact) mass is 560 g/mol. The molecule has 0 spiro atoms. The molecule has 1 aliphatic rings. The Kier molecular flexibility index (Phi) is 10.5. The maximum absolute atomic E-state index is 13.8. The van der Waals surface area contributed by atoms with E-state index in [0.717, 1.165) is 24.8 Å². The molecule has 4 rings (SSSR count). The highest BCUT2D eigenvalue weighted by atomic mass is 16.5. The van der Waals surface area contributed by atoms with Crippen LogP contribution >= 0.6 is 0 Å². The molecule has 10 heteroatoms. The Balaban J connectivity index is 1.42. The van der Waals surface area contributed by atoms with Crippen molar-refractivity contribution < 1.29 is 19.1 Å². The molecule has 2 aromatic carbocycles. The number of nitrogens with one attached hydrogen (secondary N) is 4. The van der Waals surface area contributed by atoms with Gasteiger partial charge < -0.3 is 20.4 Å². The largest absolute Gasteiger partial charge is 0.445 e. The summed E-state index contributed by atoms with van der Waals surface area (Å²) in [5.74, 6) is -0.512. The smallest absolute Gasteiger partial charge is 0.408 e. The first-order chi connectivity index (χ1) is 19.8. The molecule has 1 aliphatic carbocycles. The van der Waals surface area contributed by atoms with Crippen molar-refractivity contribution in [2.24, 2.45) is 5.92 Å². The van der Waals surface area contributed by atoms with Crippen molar-refractivity contribution in [3.63, 3.8) is 0 Å². The molecule has 1 heterocycles. The van der Waals surface area contributed by atoms with Crippen molar-refractivity contribution in [2.75, 3.05) is 19.6 Å². The van der Waals surface area contributed by atoms with Gasteiger partial charge in [-0.05, 0) is 29.9 Å². The number of aromatic nitrogens is 2. The number of alkyl carbamates (subject to hydrolysis) is 1. The number of hydrogen-bond acceptors (Lipinski definition) is 6. The van der Waals surface area contributed by atoms with E-state index in [4.69, 9.17) is 4.74 Å². The van der Waals surface area contributed by atoms with Crippen molar-refractivity contribution in [3.8, 4) is 0 Å². The number of benzene rings is 2.